The van der Waals surface area contributed by atoms with E-state index < -0.39 is 18.1 Å². The molecule has 32 heavy (non-hydrogen) atoms. The van der Waals surface area contributed by atoms with Crippen molar-refractivity contribution in [1.29, 1.82) is 0 Å². The fraction of sp³-hybridized carbons (Fsp3) is 0.200. The molecular formula is C25H22N2O5. The third-order valence-corrected chi connectivity index (χ3v) is 5.89. The molecule has 7 heteroatoms. The quantitative estimate of drug-likeness (QED) is 0.575. The van der Waals surface area contributed by atoms with Crippen molar-refractivity contribution < 1.29 is 23.9 Å². The van der Waals surface area contributed by atoms with E-state index in [4.69, 9.17) is 14.3 Å². The molecule has 0 unspecified atom stereocenters. The summed E-state index contributed by atoms with van der Waals surface area (Å²) in [5.41, 5.74) is 2.10. The van der Waals surface area contributed by atoms with Crippen LogP contribution >= 0.6 is 0 Å². The average molecular weight is 430 g/mol. The molecule has 2 amide bonds. The molecule has 162 valence electrons. The normalized spacial score (nSPS) is 22.2. The lowest BCUT2D eigenvalue weighted by molar-refractivity contribution is -0.126. The van der Waals surface area contributed by atoms with E-state index in [9.17, 15) is 9.59 Å². The van der Waals surface area contributed by atoms with Gasteiger partial charge in [0.2, 0.25) is 5.91 Å². The Labute approximate surface area is 185 Å². The summed E-state index contributed by atoms with van der Waals surface area (Å²) >= 11 is 0. The SMILES string of the molecule is COc1ccc(N2C(=O)[C@@H]3[C@@H](ON(c4ccccc4)[C@H]3c3cccc(OC)c3)C2=O)cc1. The number of hydroxylamine groups is 1. The van der Waals surface area contributed by atoms with Crippen LogP contribution in [0, 0.1) is 5.92 Å². The van der Waals surface area contributed by atoms with Crippen molar-refractivity contribution in [3.63, 3.8) is 0 Å². The maximum absolute atomic E-state index is 13.6. The van der Waals surface area contributed by atoms with Crippen LogP contribution in [0.25, 0.3) is 0 Å². The third-order valence-electron chi connectivity index (χ3n) is 5.89. The van der Waals surface area contributed by atoms with Crippen LogP contribution in [0.2, 0.25) is 0 Å². The van der Waals surface area contributed by atoms with E-state index >= 15 is 0 Å². The molecule has 2 heterocycles. The Morgan fingerprint density at radius 2 is 1.47 bits per heavy atom. The first-order chi connectivity index (χ1) is 15.6. The summed E-state index contributed by atoms with van der Waals surface area (Å²) in [7, 11) is 3.16. The topological polar surface area (TPSA) is 68.3 Å². The molecule has 2 aliphatic heterocycles. The summed E-state index contributed by atoms with van der Waals surface area (Å²) in [5, 5.41) is 1.67. The third kappa shape index (κ3) is 3.18. The van der Waals surface area contributed by atoms with Gasteiger partial charge in [0.15, 0.2) is 6.10 Å². The lowest BCUT2D eigenvalue weighted by Crippen LogP contribution is -2.37. The zero-order valence-corrected chi connectivity index (χ0v) is 17.7. The van der Waals surface area contributed by atoms with Gasteiger partial charge in [-0.1, -0.05) is 30.3 Å². The molecule has 3 aromatic carbocycles. The Bertz CT molecular complexity index is 1150. The minimum atomic E-state index is -0.916. The summed E-state index contributed by atoms with van der Waals surface area (Å²) in [6.07, 6.45) is -0.916. The maximum atomic E-state index is 13.6. The van der Waals surface area contributed by atoms with E-state index in [0.29, 0.717) is 17.2 Å². The Kier molecular flexibility index (Phi) is 5.03. The lowest BCUT2D eigenvalue weighted by Gasteiger charge is -2.29. The van der Waals surface area contributed by atoms with Crippen molar-refractivity contribution in [3.05, 3.63) is 84.4 Å². The Hall–Kier alpha value is -3.84. The number of anilines is 2. The summed E-state index contributed by atoms with van der Waals surface area (Å²) in [4.78, 5) is 34.3. The molecule has 0 aliphatic carbocycles. The summed E-state index contributed by atoms with van der Waals surface area (Å²) < 4.78 is 10.6. The molecule has 2 saturated heterocycles. The highest BCUT2D eigenvalue weighted by Crippen LogP contribution is 2.48. The van der Waals surface area contributed by atoms with Gasteiger partial charge in [0, 0.05) is 0 Å². The number of carbonyl (C=O) groups excluding carboxylic acids is 2. The zero-order chi connectivity index (χ0) is 22.2. The first-order valence-electron chi connectivity index (χ1n) is 10.3. The van der Waals surface area contributed by atoms with Crippen molar-refractivity contribution in [3.8, 4) is 11.5 Å². The fourth-order valence-electron chi connectivity index (χ4n) is 4.36. The number of hydrogen-bond donors (Lipinski definition) is 0. The molecule has 3 atom stereocenters. The van der Waals surface area contributed by atoms with Gasteiger partial charge in [-0.2, -0.15) is 0 Å². The molecule has 0 spiro atoms. The molecule has 2 fully saturated rings. The molecule has 0 radical (unpaired) electrons. The van der Waals surface area contributed by atoms with E-state index in [2.05, 4.69) is 0 Å². The number of imide groups is 1. The zero-order valence-electron chi connectivity index (χ0n) is 17.7. The Morgan fingerprint density at radius 3 is 2.16 bits per heavy atom. The number of hydrogen-bond acceptors (Lipinski definition) is 6. The van der Waals surface area contributed by atoms with Gasteiger partial charge >= 0.3 is 0 Å². The summed E-state index contributed by atoms with van der Waals surface area (Å²) in [6, 6.07) is 23.3. The summed E-state index contributed by atoms with van der Waals surface area (Å²) in [6.45, 7) is 0. The van der Waals surface area contributed by atoms with Crippen LogP contribution in [0.4, 0.5) is 11.4 Å². The van der Waals surface area contributed by atoms with E-state index in [1.54, 1.807) is 43.5 Å². The smallest absolute Gasteiger partial charge is 0.266 e. The van der Waals surface area contributed by atoms with E-state index in [1.807, 2.05) is 54.6 Å². The number of benzene rings is 3. The largest absolute Gasteiger partial charge is 0.497 e. The van der Waals surface area contributed by atoms with E-state index in [0.717, 1.165) is 11.3 Å². The number of fused-ring (bicyclic) bond motifs is 1. The minimum Gasteiger partial charge on any atom is -0.497 e. The second kappa shape index (κ2) is 8.01. The predicted octanol–water partition coefficient (Wildman–Crippen LogP) is 3.75. The molecule has 0 bridgehead atoms. The van der Waals surface area contributed by atoms with E-state index in [-0.39, 0.29) is 11.8 Å². The van der Waals surface area contributed by atoms with Crippen LogP contribution in [0.3, 0.4) is 0 Å². The first kappa shape index (κ1) is 20.1. The van der Waals surface area contributed by atoms with Gasteiger partial charge in [-0.15, -0.1) is 0 Å². The molecule has 0 N–H and O–H groups in total. The molecule has 7 nitrogen and oxygen atoms in total. The van der Waals surface area contributed by atoms with Crippen molar-refractivity contribution in [2.45, 2.75) is 12.1 Å². The van der Waals surface area contributed by atoms with Gasteiger partial charge in [-0.3, -0.25) is 14.4 Å². The van der Waals surface area contributed by atoms with Crippen LogP contribution in [-0.4, -0.2) is 32.1 Å². The highest BCUT2D eigenvalue weighted by atomic mass is 16.7. The van der Waals surface area contributed by atoms with Gasteiger partial charge in [0.1, 0.15) is 17.4 Å². The van der Waals surface area contributed by atoms with E-state index in [1.165, 1.54) is 4.90 Å². The number of ether oxygens (including phenoxy) is 2. The van der Waals surface area contributed by atoms with Crippen LogP contribution in [-0.2, 0) is 14.4 Å². The predicted molar refractivity (Wildman–Crippen MR) is 119 cm³/mol. The summed E-state index contributed by atoms with van der Waals surface area (Å²) in [5.74, 6) is -0.0543. The van der Waals surface area contributed by atoms with Crippen molar-refractivity contribution in [1.82, 2.24) is 0 Å². The molecule has 3 aromatic rings. The van der Waals surface area contributed by atoms with Crippen LogP contribution in [0.5, 0.6) is 11.5 Å². The standard InChI is InChI=1S/C25H22N2O5/c1-30-19-13-11-17(12-14-19)26-24(28)21-22(16-7-6-10-20(15-16)31-2)27(32-23(21)25(26)29)18-8-4-3-5-9-18/h3-15,21-23H,1-2H3/t21-,22-,23+/m0/s1. The number of para-hydroxylation sites is 1. The van der Waals surface area contributed by atoms with Crippen molar-refractivity contribution in [2.24, 2.45) is 5.92 Å². The van der Waals surface area contributed by atoms with Crippen molar-refractivity contribution >= 4 is 23.2 Å². The monoisotopic (exact) mass is 430 g/mol. The number of methoxy groups -OCH3 is 2. The number of carbonyl (C=O) groups is 2. The maximum Gasteiger partial charge on any atom is 0.266 e. The number of rotatable bonds is 5. The molecule has 0 aromatic heterocycles. The van der Waals surface area contributed by atoms with Gasteiger partial charge in [0.25, 0.3) is 5.91 Å². The Morgan fingerprint density at radius 1 is 0.750 bits per heavy atom. The lowest BCUT2D eigenvalue weighted by atomic mass is 9.90. The van der Waals surface area contributed by atoms with Crippen LogP contribution in [0.1, 0.15) is 11.6 Å². The minimum absolute atomic E-state index is 0.295. The number of amides is 2. The molecule has 0 saturated carbocycles. The first-order valence-corrected chi connectivity index (χ1v) is 10.3. The second-order valence-electron chi connectivity index (χ2n) is 7.64. The van der Waals surface area contributed by atoms with Crippen molar-refractivity contribution in [2.75, 3.05) is 24.2 Å². The van der Waals surface area contributed by atoms with Gasteiger partial charge in [-0.25, -0.2) is 9.96 Å². The highest BCUT2D eigenvalue weighted by molar-refractivity contribution is 6.23. The fourth-order valence-corrected chi connectivity index (χ4v) is 4.36. The highest BCUT2D eigenvalue weighted by Gasteiger charge is 2.60. The Balaban J connectivity index is 1.57. The number of nitrogens with zero attached hydrogens (tertiary/aromatic N) is 2. The van der Waals surface area contributed by atoms with Gasteiger partial charge in [-0.05, 0) is 54.1 Å². The van der Waals surface area contributed by atoms with Crippen LogP contribution in [0.15, 0.2) is 78.9 Å². The molecular weight excluding hydrogens is 408 g/mol. The molecule has 5 rings (SSSR count). The second-order valence-corrected chi connectivity index (χ2v) is 7.64. The van der Waals surface area contributed by atoms with Gasteiger partial charge in [0.05, 0.1) is 31.6 Å². The van der Waals surface area contributed by atoms with Crippen LogP contribution < -0.4 is 19.4 Å². The van der Waals surface area contributed by atoms with Gasteiger partial charge < -0.3 is 9.47 Å². The average Bonchev–Trinajstić information content (AvgIpc) is 3.36. The molecule has 2 aliphatic rings.